The lowest BCUT2D eigenvalue weighted by molar-refractivity contribution is 0.465. The molecule has 0 spiro atoms. The lowest BCUT2D eigenvalue weighted by atomic mass is 10.1. The number of sulfonamides is 1. The van der Waals surface area contributed by atoms with Gasteiger partial charge in [0.1, 0.15) is 4.21 Å². The molecule has 0 aliphatic carbocycles. The third kappa shape index (κ3) is 4.56. The van der Waals surface area contributed by atoms with Crippen LogP contribution in [0.3, 0.4) is 0 Å². The van der Waals surface area contributed by atoms with E-state index in [1.54, 1.807) is 6.07 Å². The van der Waals surface area contributed by atoms with Crippen LogP contribution in [0.1, 0.15) is 20.3 Å². The average Bonchev–Trinajstić information content (AvgIpc) is 2.63. The van der Waals surface area contributed by atoms with Gasteiger partial charge in [-0.3, -0.25) is 0 Å². The molecule has 98 valence electrons. The van der Waals surface area contributed by atoms with E-state index < -0.39 is 10.0 Å². The lowest BCUT2D eigenvalue weighted by Gasteiger charge is -2.18. The Morgan fingerprint density at radius 3 is 2.53 bits per heavy atom. The molecule has 0 fully saturated rings. The minimum atomic E-state index is -3.49. The van der Waals surface area contributed by atoms with E-state index in [2.05, 4.69) is 4.72 Å². The van der Waals surface area contributed by atoms with Crippen molar-refractivity contribution in [3.8, 4) is 0 Å². The Hall–Kier alpha value is -0.140. The van der Waals surface area contributed by atoms with Gasteiger partial charge in [0, 0.05) is 12.6 Å². The van der Waals surface area contributed by atoms with Gasteiger partial charge in [0.25, 0.3) is 0 Å². The minimum Gasteiger partial charge on any atom is -0.329 e. The van der Waals surface area contributed by atoms with Crippen LogP contribution in [0, 0.1) is 5.92 Å². The molecule has 0 saturated carbocycles. The van der Waals surface area contributed by atoms with Crippen LogP contribution in [0.25, 0.3) is 0 Å². The molecule has 0 amide bonds. The predicted molar refractivity (Wildman–Crippen MR) is 71.9 cm³/mol. The van der Waals surface area contributed by atoms with E-state index in [9.17, 15) is 8.42 Å². The Balaban J connectivity index is 2.78. The fourth-order valence-electron chi connectivity index (χ4n) is 1.48. The molecule has 1 rings (SSSR count). The van der Waals surface area contributed by atoms with E-state index in [0.717, 1.165) is 17.8 Å². The van der Waals surface area contributed by atoms with Gasteiger partial charge in [0.2, 0.25) is 10.0 Å². The molecule has 0 bridgehead atoms. The third-order valence-corrected chi connectivity index (χ3v) is 5.42. The standard InChI is InChI=1S/C10H17ClN2O2S2/c1-7(2)5-8(6-12)13-17(14,15)10-4-3-9(11)16-10/h3-4,7-8,13H,5-6,12H2,1-2H3. The van der Waals surface area contributed by atoms with Crippen LogP contribution in [0.15, 0.2) is 16.3 Å². The van der Waals surface area contributed by atoms with Crippen LogP contribution in [0.5, 0.6) is 0 Å². The summed E-state index contributed by atoms with van der Waals surface area (Å²) in [6.45, 7) is 4.34. The highest BCUT2D eigenvalue weighted by Crippen LogP contribution is 2.25. The van der Waals surface area contributed by atoms with Gasteiger partial charge >= 0.3 is 0 Å². The summed E-state index contributed by atoms with van der Waals surface area (Å²) in [6, 6.07) is 2.83. The van der Waals surface area contributed by atoms with Crippen molar-refractivity contribution in [1.29, 1.82) is 0 Å². The van der Waals surface area contributed by atoms with E-state index in [-0.39, 0.29) is 16.8 Å². The van der Waals surface area contributed by atoms with Crippen LogP contribution in [0.2, 0.25) is 4.34 Å². The summed E-state index contributed by atoms with van der Waals surface area (Å²) < 4.78 is 27.2. The van der Waals surface area contributed by atoms with Crippen molar-refractivity contribution < 1.29 is 8.42 Å². The van der Waals surface area contributed by atoms with Gasteiger partial charge in [-0.1, -0.05) is 25.4 Å². The first-order valence-corrected chi connectivity index (χ1v) is 8.00. The maximum Gasteiger partial charge on any atom is 0.250 e. The number of nitrogens with two attached hydrogens (primary N) is 1. The SMILES string of the molecule is CC(C)CC(CN)NS(=O)(=O)c1ccc(Cl)s1. The Labute approximate surface area is 111 Å². The van der Waals surface area contributed by atoms with E-state index in [1.165, 1.54) is 6.07 Å². The summed E-state index contributed by atoms with van der Waals surface area (Å²) in [6.07, 6.45) is 0.717. The van der Waals surface area contributed by atoms with E-state index >= 15 is 0 Å². The summed E-state index contributed by atoms with van der Waals surface area (Å²) >= 11 is 6.76. The maximum atomic E-state index is 12.0. The molecule has 1 aromatic rings. The topological polar surface area (TPSA) is 72.2 Å². The molecule has 0 aliphatic rings. The molecule has 3 N–H and O–H groups in total. The molecule has 4 nitrogen and oxygen atoms in total. The normalized spacial score (nSPS) is 14.2. The number of halogens is 1. The molecular weight excluding hydrogens is 280 g/mol. The fraction of sp³-hybridized carbons (Fsp3) is 0.600. The molecule has 7 heteroatoms. The molecule has 17 heavy (non-hydrogen) atoms. The zero-order valence-corrected chi connectivity index (χ0v) is 12.2. The first-order valence-electron chi connectivity index (χ1n) is 5.33. The number of thiophene rings is 1. The first kappa shape index (κ1) is 14.9. The zero-order valence-electron chi connectivity index (χ0n) is 9.81. The Morgan fingerprint density at radius 2 is 2.12 bits per heavy atom. The average molecular weight is 297 g/mol. The van der Waals surface area contributed by atoms with Gasteiger partial charge in [0.15, 0.2) is 0 Å². The summed E-state index contributed by atoms with van der Waals surface area (Å²) in [5.74, 6) is 0.387. The van der Waals surface area contributed by atoms with Crippen LogP contribution in [-0.2, 0) is 10.0 Å². The quantitative estimate of drug-likeness (QED) is 0.844. The number of rotatable bonds is 6. The van der Waals surface area contributed by atoms with Gasteiger partial charge in [-0.15, -0.1) is 11.3 Å². The first-order chi connectivity index (χ1) is 7.85. The molecular formula is C10H17ClN2O2S2. The minimum absolute atomic E-state index is 0.227. The summed E-state index contributed by atoms with van der Waals surface area (Å²) in [5, 5.41) is 0. The van der Waals surface area contributed by atoms with Crippen molar-refractivity contribution in [2.45, 2.75) is 30.5 Å². The molecule has 1 atom stereocenters. The van der Waals surface area contributed by atoms with Crippen LogP contribution in [0.4, 0.5) is 0 Å². The lowest BCUT2D eigenvalue weighted by Crippen LogP contribution is -2.40. The predicted octanol–water partition coefficient (Wildman–Crippen LogP) is 2.05. The smallest absolute Gasteiger partial charge is 0.250 e. The molecule has 0 aliphatic heterocycles. The van der Waals surface area contributed by atoms with E-state index in [4.69, 9.17) is 17.3 Å². The molecule has 1 aromatic heterocycles. The highest BCUT2D eigenvalue weighted by molar-refractivity contribution is 7.91. The largest absolute Gasteiger partial charge is 0.329 e. The highest BCUT2D eigenvalue weighted by Gasteiger charge is 2.21. The summed E-state index contributed by atoms with van der Waals surface area (Å²) in [4.78, 5) is 0. The van der Waals surface area contributed by atoms with Crippen LogP contribution < -0.4 is 10.5 Å². The maximum absolute atomic E-state index is 12.0. The Bertz CT molecular complexity index is 457. The van der Waals surface area contributed by atoms with Crippen molar-refractivity contribution in [3.63, 3.8) is 0 Å². The van der Waals surface area contributed by atoms with Gasteiger partial charge in [-0.05, 0) is 24.5 Å². The zero-order chi connectivity index (χ0) is 13.1. The van der Waals surface area contributed by atoms with Crippen molar-refractivity contribution in [2.24, 2.45) is 11.7 Å². The van der Waals surface area contributed by atoms with Gasteiger partial charge in [0.05, 0.1) is 4.34 Å². The van der Waals surface area contributed by atoms with Crippen LogP contribution in [-0.4, -0.2) is 21.0 Å². The number of hydrogen-bond donors (Lipinski definition) is 2. The third-order valence-electron chi connectivity index (χ3n) is 2.18. The van der Waals surface area contributed by atoms with Gasteiger partial charge in [-0.25, -0.2) is 13.1 Å². The summed E-state index contributed by atoms with van der Waals surface area (Å²) in [5.41, 5.74) is 5.56. The van der Waals surface area contributed by atoms with Gasteiger partial charge in [-0.2, -0.15) is 0 Å². The fourth-order valence-corrected chi connectivity index (χ4v) is 4.24. The summed E-state index contributed by atoms with van der Waals surface area (Å²) in [7, 11) is -3.49. The van der Waals surface area contributed by atoms with Crippen LogP contribution >= 0.6 is 22.9 Å². The highest BCUT2D eigenvalue weighted by atomic mass is 35.5. The molecule has 0 saturated heterocycles. The second-order valence-electron chi connectivity index (χ2n) is 4.24. The monoisotopic (exact) mass is 296 g/mol. The Kier molecular flexibility index (Phi) is 5.40. The number of hydrogen-bond acceptors (Lipinski definition) is 4. The van der Waals surface area contributed by atoms with Crippen molar-refractivity contribution in [2.75, 3.05) is 6.54 Å². The molecule has 1 unspecified atom stereocenters. The second-order valence-corrected chi connectivity index (χ2v) is 7.90. The Morgan fingerprint density at radius 1 is 1.47 bits per heavy atom. The molecule has 0 aromatic carbocycles. The second kappa shape index (κ2) is 6.15. The van der Waals surface area contributed by atoms with Gasteiger partial charge < -0.3 is 5.73 Å². The molecule has 0 radical (unpaired) electrons. The van der Waals surface area contributed by atoms with Crippen molar-refractivity contribution in [1.82, 2.24) is 4.72 Å². The number of nitrogens with one attached hydrogen (secondary N) is 1. The van der Waals surface area contributed by atoms with Crippen molar-refractivity contribution >= 4 is 33.0 Å². The van der Waals surface area contributed by atoms with E-state index in [1.807, 2.05) is 13.8 Å². The molecule has 1 heterocycles. The van der Waals surface area contributed by atoms with Crippen molar-refractivity contribution in [3.05, 3.63) is 16.5 Å². The van der Waals surface area contributed by atoms with E-state index in [0.29, 0.717) is 10.3 Å².